The van der Waals surface area contributed by atoms with E-state index in [0.717, 1.165) is 13.4 Å². The number of carbonyl (C=O) groups excluding carboxylic acids is 1. The fraction of sp³-hybridized carbons (Fsp3) is 0.118. The second kappa shape index (κ2) is 8.41. The lowest BCUT2D eigenvalue weighted by Crippen LogP contribution is -2.08. The molecule has 0 spiro atoms. The van der Waals surface area contributed by atoms with Crippen LogP contribution >= 0.6 is 47.8 Å². The van der Waals surface area contributed by atoms with Gasteiger partial charge in [-0.25, -0.2) is 0 Å². The van der Waals surface area contributed by atoms with Gasteiger partial charge in [0, 0.05) is 18.8 Å². The molecule has 0 saturated heterocycles. The number of aromatic hydroxyl groups is 1. The number of aromatic nitrogens is 1. The standard InChI is InChI=1S/C17H12Br3N3O4/c1-26-13-6-8(18)2-3-12(13)27-7-14(24)22-23-16-10-4-9(19)5-11(20)15(10)21-17(16)25/h2-6,21,25H,7H2,1H3. The number of azo groups is 1. The van der Waals surface area contributed by atoms with Crippen LogP contribution in [0.15, 0.2) is 54.0 Å². The normalized spacial score (nSPS) is 11.3. The summed E-state index contributed by atoms with van der Waals surface area (Å²) in [5.74, 6) is 0.101. The minimum atomic E-state index is -0.609. The Hall–Kier alpha value is -1.91. The van der Waals surface area contributed by atoms with Gasteiger partial charge in [-0.2, -0.15) is 0 Å². The Balaban J connectivity index is 1.76. The number of fused-ring (bicyclic) bond motifs is 1. The van der Waals surface area contributed by atoms with Gasteiger partial charge in [0.1, 0.15) is 0 Å². The molecule has 2 aromatic carbocycles. The Bertz CT molecular complexity index is 1050. The average molecular weight is 562 g/mol. The van der Waals surface area contributed by atoms with Crippen molar-refractivity contribution in [3.8, 4) is 17.4 Å². The van der Waals surface area contributed by atoms with Gasteiger partial charge in [0.25, 0.3) is 0 Å². The summed E-state index contributed by atoms with van der Waals surface area (Å²) < 4.78 is 13.0. The fourth-order valence-corrected chi connectivity index (χ4v) is 3.99. The molecule has 1 amide bonds. The number of amides is 1. The zero-order valence-corrected chi connectivity index (χ0v) is 18.6. The molecule has 2 N–H and O–H groups in total. The van der Waals surface area contributed by atoms with Crippen molar-refractivity contribution in [1.82, 2.24) is 4.98 Å². The van der Waals surface area contributed by atoms with Gasteiger partial charge in [-0.1, -0.05) is 31.9 Å². The Morgan fingerprint density at radius 2 is 1.93 bits per heavy atom. The first kappa shape index (κ1) is 19.8. The Kier molecular flexibility index (Phi) is 6.18. The zero-order chi connectivity index (χ0) is 19.6. The molecule has 7 nitrogen and oxygen atoms in total. The fourth-order valence-electron chi connectivity index (χ4n) is 2.33. The maximum Gasteiger partial charge on any atom is 0.302 e. The molecule has 0 radical (unpaired) electrons. The van der Waals surface area contributed by atoms with Crippen molar-refractivity contribution in [2.45, 2.75) is 0 Å². The monoisotopic (exact) mass is 559 g/mol. The summed E-state index contributed by atoms with van der Waals surface area (Å²) in [6.45, 7) is -0.321. The van der Waals surface area contributed by atoms with Gasteiger partial charge in [-0.3, -0.25) is 4.79 Å². The number of nitrogens with one attached hydrogen (secondary N) is 1. The molecule has 1 aromatic heterocycles. The van der Waals surface area contributed by atoms with Crippen LogP contribution < -0.4 is 9.47 Å². The van der Waals surface area contributed by atoms with Gasteiger partial charge in [0.2, 0.25) is 5.88 Å². The molecule has 0 aliphatic heterocycles. The van der Waals surface area contributed by atoms with Crippen molar-refractivity contribution in [3.63, 3.8) is 0 Å². The summed E-state index contributed by atoms with van der Waals surface area (Å²) in [7, 11) is 1.51. The highest BCUT2D eigenvalue weighted by atomic mass is 79.9. The minimum absolute atomic E-state index is 0.168. The molecule has 0 aliphatic rings. The van der Waals surface area contributed by atoms with Crippen molar-refractivity contribution in [2.24, 2.45) is 10.2 Å². The van der Waals surface area contributed by atoms with Crippen LogP contribution in [0.1, 0.15) is 0 Å². The molecule has 0 fully saturated rings. The quantitative estimate of drug-likeness (QED) is 0.381. The van der Waals surface area contributed by atoms with Gasteiger partial charge in [-0.05, 0) is 46.3 Å². The summed E-state index contributed by atoms with van der Waals surface area (Å²) in [6.07, 6.45) is 0. The summed E-state index contributed by atoms with van der Waals surface area (Å²) in [6, 6.07) is 8.75. The van der Waals surface area contributed by atoms with Crippen LogP contribution in [0, 0.1) is 0 Å². The highest BCUT2D eigenvalue weighted by Gasteiger charge is 2.14. The molecule has 1 heterocycles. The van der Waals surface area contributed by atoms with E-state index < -0.39 is 5.91 Å². The molecule has 0 bridgehead atoms. The molecule has 3 rings (SSSR count). The topological polar surface area (TPSA) is 96.3 Å². The summed E-state index contributed by atoms with van der Waals surface area (Å²) in [5.41, 5.74) is 0.814. The van der Waals surface area contributed by atoms with Crippen molar-refractivity contribution in [1.29, 1.82) is 0 Å². The molecular formula is C17H12Br3N3O4. The predicted molar refractivity (Wildman–Crippen MR) is 111 cm³/mol. The van der Waals surface area contributed by atoms with E-state index in [2.05, 4.69) is 63.0 Å². The molecule has 140 valence electrons. The van der Waals surface area contributed by atoms with Crippen LogP contribution in [-0.4, -0.2) is 29.7 Å². The smallest absolute Gasteiger partial charge is 0.302 e. The third kappa shape index (κ3) is 4.50. The second-order valence-electron chi connectivity index (χ2n) is 5.31. The van der Waals surface area contributed by atoms with Crippen LogP contribution in [-0.2, 0) is 4.79 Å². The van der Waals surface area contributed by atoms with E-state index in [0.29, 0.717) is 22.4 Å². The molecule has 10 heteroatoms. The van der Waals surface area contributed by atoms with Gasteiger partial charge in [0.15, 0.2) is 23.8 Å². The number of aromatic amines is 1. The molecule has 27 heavy (non-hydrogen) atoms. The van der Waals surface area contributed by atoms with Gasteiger partial charge in [0.05, 0.1) is 12.6 Å². The van der Waals surface area contributed by atoms with Gasteiger partial charge < -0.3 is 19.6 Å². The number of ether oxygens (including phenoxy) is 2. The lowest BCUT2D eigenvalue weighted by atomic mass is 10.2. The van der Waals surface area contributed by atoms with Crippen LogP contribution in [0.25, 0.3) is 10.9 Å². The first-order valence-electron chi connectivity index (χ1n) is 7.49. The Morgan fingerprint density at radius 1 is 1.15 bits per heavy atom. The maximum atomic E-state index is 12.0. The highest BCUT2D eigenvalue weighted by Crippen LogP contribution is 2.40. The van der Waals surface area contributed by atoms with Crippen molar-refractivity contribution < 1.29 is 19.4 Å². The number of benzene rings is 2. The highest BCUT2D eigenvalue weighted by molar-refractivity contribution is 9.11. The van der Waals surface area contributed by atoms with Crippen LogP contribution in [0.5, 0.6) is 17.4 Å². The van der Waals surface area contributed by atoms with E-state index in [4.69, 9.17) is 9.47 Å². The number of nitrogens with zero attached hydrogens (tertiary/aromatic N) is 2. The number of hydrogen-bond donors (Lipinski definition) is 2. The molecule has 0 aliphatic carbocycles. The number of H-pyrrole nitrogens is 1. The third-order valence-corrected chi connectivity index (χ3v) is 5.09. The van der Waals surface area contributed by atoms with Crippen molar-refractivity contribution in [2.75, 3.05) is 13.7 Å². The SMILES string of the molecule is COc1cc(Br)ccc1OCC(=O)N=Nc1c(O)[nH]c2c(Br)cc(Br)cc12. The summed E-state index contributed by atoms with van der Waals surface area (Å²) >= 11 is 10.1. The summed E-state index contributed by atoms with van der Waals surface area (Å²) in [4.78, 5) is 14.8. The zero-order valence-electron chi connectivity index (χ0n) is 13.8. The van der Waals surface area contributed by atoms with E-state index >= 15 is 0 Å². The van der Waals surface area contributed by atoms with Gasteiger partial charge >= 0.3 is 5.91 Å². The lowest BCUT2D eigenvalue weighted by Gasteiger charge is -2.09. The van der Waals surface area contributed by atoms with Crippen molar-refractivity contribution in [3.05, 3.63) is 43.7 Å². The van der Waals surface area contributed by atoms with E-state index in [-0.39, 0.29) is 18.2 Å². The Morgan fingerprint density at radius 3 is 2.67 bits per heavy atom. The second-order valence-corrected chi connectivity index (χ2v) is 8.00. The number of methoxy groups -OCH3 is 1. The molecule has 0 atom stereocenters. The molecular weight excluding hydrogens is 550 g/mol. The number of hydrogen-bond acceptors (Lipinski definition) is 5. The molecule has 3 aromatic rings. The number of rotatable bonds is 5. The Labute approximate surface area is 179 Å². The van der Waals surface area contributed by atoms with Crippen LogP contribution in [0.4, 0.5) is 5.69 Å². The van der Waals surface area contributed by atoms with Crippen LogP contribution in [0.2, 0.25) is 0 Å². The first-order chi connectivity index (χ1) is 12.9. The number of halogens is 3. The maximum absolute atomic E-state index is 12.0. The predicted octanol–water partition coefficient (Wildman–Crippen LogP) is 5.86. The van der Waals surface area contributed by atoms with Crippen LogP contribution in [0.3, 0.4) is 0 Å². The lowest BCUT2D eigenvalue weighted by molar-refractivity contribution is -0.120. The van der Waals surface area contributed by atoms with E-state index in [1.807, 2.05) is 6.07 Å². The minimum Gasteiger partial charge on any atom is -0.493 e. The average Bonchev–Trinajstić information content (AvgIpc) is 2.94. The first-order valence-corrected chi connectivity index (χ1v) is 9.87. The van der Waals surface area contributed by atoms with E-state index in [9.17, 15) is 9.90 Å². The molecule has 0 saturated carbocycles. The largest absolute Gasteiger partial charge is 0.493 e. The van der Waals surface area contributed by atoms with Gasteiger partial charge in [-0.15, -0.1) is 10.2 Å². The molecule has 0 unspecified atom stereocenters. The number of carbonyl (C=O) groups is 1. The van der Waals surface area contributed by atoms with E-state index in [1.54, 1.807) is 24.3 Å². The van der Waals surface area contributed by atoms with Crippen molar-refractivity contribution >= 4 is 70.3 Å². The third-order valence-electron chi connectivity index (χ3n) is 3.52. The van der Waals surface area contributed by atoms with E-state index in [1.165, 1.54) is 7.11 Å². The summed E-state index contributed by atoms with van der Waals surface area (Å²) in [5, 5.41) is 18.2.